The van der Waals surface area contributed by atoms with Crippen molar-refractivity contribution in [3.63, 3.8) is 0 Å². The maximum absolute atomic E-state index is 12.1. The average Bonchev–Trinajstić information content (AvgIpc) is 2.68. The van der Waals surface area contributed by atoms with E-state index in [0.29, 0.717) is 5.56 Å². The number of rotatable bonds is 2. The van der Waals surface area contributed by atoms with Crippen LogP contribution in [0.4, 0.5) is 8.78 Å². The summed E-state index contributed by atoms with van der Waals surface area (Å²) in [5, 5.41) is 6.72. The molecule has 78 valence electrons. The fourth-order valence-corrected chi connectivity index (χ4v) is 1.03. The smallest absolute Gasteiger partial charge is 0.314 e. The van der Waals surface area contributed by atoms with E-state index in [1.807, 2.05) is 6.92 Å². The molecule has 0 amide bonds. The predicted molar refractivity (Wildman–Crippen MR) is 47.2 cm³/mol. The van der Waals surface area contributed by atoms with Crippen molar-refractivity contribution in [1.82, 2.24) is 15.2 Å². The van der Waals surface area contributed by atoms with Gasteiger partial charge in [0.1, 0.15) is 0 Å². The Morgan fingerprint density at radius 3 is 2.60 bits per heavy atom. The Morgan fingerprint density at radius 1 is 1.27 bits per heavy atom. The lowest BCUT2D eigenvalue weighted by Crippen LogP contribution is -1.82. The minimum atomic E-state index is -2.75. The third kappa shape index (κ3) is 1.98. The molecule has 0 bridgehead atoms. The van der Waals surface area contributed by atoms with Crippen LogP contribution in [0.25, 0.3) is 11.5 Å². The van der Waals surface area contributed by atoms with Gasteiger partial charge in [-0.1, -0.05) is 0 Å². The monoisotopic (exact) mass is 211 g/mol. The highest BCUT2D eigenvalue weighted by atomic mass is 19.3. The SMILES string of the molecule is Cc1ccc(-c2nnc(C(F)F)o2)cn1. The van der Waals surface area contributed by atoms with Crippen LogP contribution in [0.5, 0.6) is 0 Å². The van der Waals surface area contributed by atoms with Crippen molar-refractivity contribution >= 4 is 0 Å². The summed E-state index contributed by atoms with van der Waals surface area (Å²) < 4.78 is 29.1. The van der Waals surface area contributed by atoms with Crippen LogP contribution < -0.4 is 0 Å². The molecule has 0 saturated heterocycles. The molecule has 2 aromatic rings. The van der Waals surface area contributed by atoms with Crippen molar-refractivity contribution in [3.05, 3.63) is 29.9 Å². The van der Waals surface area contributed by atoms with E-state index in [4.69, 9.17) is 4.42 Å². The summed E-state index contributed by atoms with van der Waals surface area (Å²) in [7, 11) is 0. The minimum Gasteiger partial charge on any atom is -0.415 e. The molecule has 0 N–H and O–H groups in total. The zero-order chi connectivity index (χ0) is 10.8. The van der Waals surface area contributed by atoms with Crippen LogP contribution in [-0.4, -0.2) is 15.2 Å². The zero-order valence-electron chi connectivity index (χ0n) is 7.82. The molecule has 0 unspecified atom stereocenters. The average molecular weight is 211 g/mol. The lowest BCUT2D eigenvalue weighted by molar-refractivity contribution is 0.116. The van der Waals surface area contributed by atoms with Gasteiger partial charge in [-0.15, -0.1) is 10.2 Å². The topological polar surface area (TPSA) is 51.8 Å². The number of hydrogen-bond acceptors (Lipinski definition) is 4. The van der Waals surface area contributed by atoms with Gasteiger partial charge in [0.25, 0.3) is 5.89 Å². The molecule has 0 radical (unpaired) electrons. The molecular weight excluding hydrogens is 204 g/mol. The number of pyridine rings is 1. The molecule has 0 fully saturated rings. The van der Waals surface area contributed by atoms with E-state index < -0.39 is 12.3 Å². The molecule has 2 rings (SSSR count). The van der Waals surface area contributed by atoms with Gasteiger partial charge in [0, 0.05) is 11.9 Å². The Labute approximate surface area is 84.0 Å². The molecule has 15 heavy (non-hydrogen) atoms. The van der Waals surface area contributed by atoms with E-state index in [1.165, 1.54) is 6.20 Å². The Bertz CT molecular complexity index is 453. The lowest BCUT2D eigenvalue weighted by atomic mass is 10.2. The van der Waals surface area contributed by atoms with E-state index in [0.717, 1.165) is 5.69 Å². The third-order valence-electron chi connectivity index (χ3n) is 1.79. The van der Waals surface area contributed by atoms with Crippen molar-refractivity contribution in [1.29, 1.82) is 0 Å². The van der Waals surface area contributed by atoms with Gasteiger partial charge in [0.15, 0.2) is 0 Å². The van der Waals surface area contributed by atoms with Gasteiger partial charge in [0.05, 0.1) is 5.56 Å². The molecule has 0 saturated carbocycles. The molecule has 0 aliphatic rings. The maximum atomic E-state index is 12.1. The molecule has 0 atom stereocenters. The number of alkyl halides is 2. The second-order valence-electron chi connectivity index (χ2n) is 2.93. The van der Waals surface area contributed by atoms with Gasteiger partial charge >= 0.3 is 6.43 Å². The molecular formula is C9H7F2N3O. The molecule has 6 heteroatoms. The van der Waals surface area contributed by atoms with Crippen molar-refractivity contribution in [2.24, 2.45) is 0 Å². The third-order valence-corrected chi connectivity index (χ3v) is 1.79. The van der Waals surface area contributed by atoms with Crippen molar-refractivity contribution in [2.75, 3.05) is 0 Å². The molecule has 4 nitrogen and oxygen atoms in total. The molecule has 0 aromatic carbocycles. The Balaban J connectivity index is 2.33. The van der Waals surface area contributed by atoms with Crippen LogP contribution in [0.3, 0.4) is 0 Å². The van der Waals surface area contributed by atoms with E-state index in [9.17, 15) is 8.78 Å². The first-order chi connectivity index (χ1) is 7.16. The number of aryl methyl sites for hydroxylation is 1. The number of halogens is 2. The first-order valence-electron chi connectivity index (χ1n) is 4.21. The standard InChI is InChI=1S/C9H7F2N3O/c1-5-2-3-6(4-12-5)8-13-14-9(15-8)7(10)11/h2-4,7H,1H3. The summed E-state index contributed by atoms with van der Waals surface area (Å²) in [5.74, 6) is -0.622. The zero-order valence-corrected chi connectivity index (χ0v) is 7.82. The second-order valence-corrected chi connectivity index (χ2v) is 2.93. The van der Waals surface area contributed by atoms with E-state index in [-0.39, 0.29) is 5.89 Å². The molecule has 0 aliphatic heterocycles. The van der Waals surface area contributed by atoms with E-state index in [1.54, 1.807) is 12.1 Å². The fraction of sp³-hybridized carbons (Fsp3) is 0.222. The van der Waals surface area contributed by atoms with Crippen LogP contribution in [0.2, 0.25) is 0 Å². The Kier molecular flexibility index (Phi) is 2.40. The molecule has 0 aliphatic carbocycles. The summed E-state index contributed by atoms with van der Waals surface area (Å²) in [6.07, 6.45) is -1.25. The number of aromatic nitrogens is 3. The van der Waals surface area contributed by atoms with Gasteiger partial charge in [0.2, 0.25) is 5.89 Å². The molecule has 0 spiro atoms. The van der Waals surface area contributed by atoms with Gasteiger partial charge in [-0.25, -0.2) is 0 Å². The van der Waals surface area contributed by atoms with Crippen molar-refractivity contribution in [3.8, 4) is 11.5 Å². The van der Waals surface area contributed by atoms with E-state index >= 15 is 0 Å². The highest BCUT2D eigenvalue weighted by molar-refractivity contribution is 5.50. The van der Waals surface area contributed by atoms with Crippen LogP contribution in [-0.2, 0) is 0 Å². The van der Waals surface area contributed by atoms with Crippen LogP contribution in [0, 0.1) is 6.92 Å². The van der Waals surface area contributed by atoms with Crippen LogP contribution in [0.15, 0.2) is 22.7 Å². The largest absolute Gasteiger partial charge is 0.415 e. The lowest BCUT2D eigenvalue weighted by Gasteiger charge is -1.94. The predicted octanol–water partition coefficient (Wildman–Crippen LogP) is 2.38. The summed E-state index contributed by atoms with van der Waals surface area (Å²) in [5.41, 5.74) is 1.35. The quantitative estimate of drug-likeness (QED) is 0.765. The number of nitrogens with zero attached hydrogens (tertiary/aromatic N) is 3. The van der Waals surface area contributed by atoms with Crippen LogP contribution in [0.1, 0.15) is 18.0 Å². The van der Waals surface area contributed by atoms with Gasteiger partial charge < -0.3 is 4.42 Å². The van der Waals surface area contributed by atoms with E-state index in [2.05, 4.69) is 15.2 Å². The molecule has 2 aromatic heterocycles. The highest BCUT2D eigenvalue weighted by Crippen LogP contribution is 2.22. The highest BCUT2D eigenvalue weighted by Gasteiger charge is 2.16. The maximum Gasteiger partial charge on any atom is 0.314 e. The van der Waals surface area contributed by atoms with Crippen LogP contribution >= 0.6 is 0 Å². The molecule has 2 heterocycles. The minimum absolute atomic E-state index is 0.0535. The fourth-order valence-electron chi connectivity index (χ4n) is 1.03. The second kappa shape index (κ2) is 3.72. The number of hydrogen-bond donors (Lipinski definition) is 0. The van der Waals surface area contributed by atoms with Gasteiger partial charge in [-0.2, -0.15) is 8.78 Å². The normalized spacial score (nSPS) is 10.9. The summed E-state index contributed by atoms with van der Waals surface area (Å²) in [6, 6.07) is 3.42. The van der Waals surface area contributed by atoms with Crippen molar-refractivity contribution in [2.45, 2.75) is 13.3 Å². The van der Waals surface area contributed by atoms with Gasteiger partial charge in [-0.3, -0.25) is 4.98 Å². The summed E-state index contributed by atoms with van der Waals surface area (Å²) >= 11 is 0. The summed E-state index contributed by atoms with van der Waals surface area (Å²) in [4.78, 5) is 3.99. The Morgan fingerprint density at radius 2 is 2.07 bits per heavy atom. The first kappa shape index (κ1) is 9.70. The summed E-state index contributed by atoms with van der Waals surface area (Å²) in [6.45, 7) is 1.82. The first-order valence-corrected chi connectivity index (χ1v) is 4.21. The van der Waals surface area contributed by atoms with Gasteiger partial charge in [-0.05, 0) is 19.1 Å². The Hall–Kier alpha value is -1.85. The van der Waals surface area contributed by atoms with Crippen molar-refractivity contribution < 1.29 is 13.2 Å².